The summed E-state index contributed by atoms with van der Waals surface area (Å²) < 4.78 is 0. The predicted octanol–water partition coefficient (Wildman–Crippen LogP) is 1.24. The highest BCUT2D eigenvalue weighted by Crippen LogP contribution is 2.16. The normalized spacial score (nSPS) is 20.1. The van der Waals surface area contributed by atoms with E-state index in [1.165, 1.54) is 0 Å². The van der Waals surface area contributed by atoms with E-state index in [-0.39, 0.29) is 11.9 Å². The van der Waals surface area contributed by atoms with Gasteiger partial charge in [-0.05, 0) is 12.5 Å². The standard InChI is InChI=1S/C12H18N4O/c1-8(2)11-13-6-4-10(15-11)14-9-5-7-16(3)12(9)17/h4,6,8-9H,5,7H2,1-3H3,(H,13,14,15). The zero-order valence-corrected chi connectivity index (χ0v) is 10.5. The maximum atomic E-state index is 11.7. The van der Waals surface area contributed by atoms with Crippen molar-refractivity contribution < 1.29 is 4.79 Å². The number of carbonyl (C=O) groups is 1. The van der Waals surface area contributed by atoms with Gasteiger partial charge in [0.15, 0.2) is 0 Å². The van der Waals surface area contributed by atoms with E-state index in [0.29, 0.717) is 5.92 Å². The number of likely N-dealkylation sites (tertiary alicyclic amines) is 1. The molecule has 1 saturated heterocycles. The lowest BCUT2D eigenvalue weighted by Crippen LogP contribution is -2.31. The van der Waals surface area contributed by atoms with Gasteiger partial charge in [0, 0.05) is 25.7 Å². The molecular weight excluding hydrogens is 216 g/mol. The van der Waals surface area contributed by atoms with E-state index < -0.39 is 0 Å². The zero-order valence-electron chi connectivity index (χ0n) is 10.5. The smallest absolute Gasteiger partial charge is 0.244 e. The van der Waals surface area contributed by atoms with Crippen LogP contribution >= 0.6 is 0 Å². The Morgan fingerprint density at radius 1 is 1.53 bits per heavy atom. The predicted molar refractivity (Wildman–Crippen MR) is 65.8 cm³/mol. The molecule has 92 valence electrons. The number of rotatable bonds is 3. The van der Waals surface area contributed by atoms with Crippen LogP contribution in [0.25, 0.3) is 0 Å². The topological polar surface area (TPSA) is 58.1 Å². The molecule has 1 fully saturated rings. The van der Waals surface area contributed by atoms with Crippen molar-refractivity contribution in [1.29, 1.82) is 0 Å². The van der Waals surface area contributed by atoms with E-state index in [4.69, 9.17) is 0 Å². The number of aromatic nitrogens is 2. The van der Waals surface area contributed by atoms with Crippen LogP contribution < -0.4 is 5.32 Å². The molecule has 0 aromatic carbocycles. The average molecular weight is 234 g/mol. The van der Waals surface area contributed by atoms with Crippen LogP contribution in [0.4, 0.5) is 5.82 Å². The van der Waals surface area contributed by atoms with Crippen molar-refractivity contribution in [1.82, 2.24) is 14.9 Å². The molecule has 1 N–H and O–H groups in total. The molecule has 2 heterocycles. The molecule has 1 amide bonds. The van der Waals surface area contributed by atoms with Gasteiger partial charge in [0.05, 0.1) is 0 Å². The van der Waals surface area contributed by atoms with Crippen molar-refractivity contribution in [2.75, 3.05) is 18.9 Å². The van der Waals surface area contributed by atoms with Crippen LogP contribution in [0.2, 0.25) is 0 Å². The molecule has 0 saturated carbocycles. The first kappa shape index (κ1) is 11.8. The Morgan fingerprint density at radius 2 is 2.29 bits per heavy atom. The third kappa shape index (κ3) is 2.54. The van der Waals surface area contributed by atoms with Crippen molar-refractivity contribution in [2.45, 2.75) is 32.2 Å². The van der Waals surface area contributed by atoms with Crippen molar-refractivity contribution in [3.05, 3.63) is 18.1 Å². The Morgan fingerprint density at radius 3 is 2.88 bits per heavy atom. The Kier molecular flexibility index (Phi) is 3.26. The van der Waals surface area contributed by atoms with Crippen molar-refractivity contribution >= 4 is 11.7 Å². The van der Waals surface area contributed by atoms with Gasteiger partial charge in [-0.2, -0.15) is 0 Å². The molecule has 1 aliphatic rings. The van der Waals surface area contributed by atoms with E-state index in [0.717, 1.165) is 24.6 Å². The summed E-state index contributed by atoms with van der Waals surface area (Å²) in [6.45, 7) is 4.90. The number of nitrogens with one attached hydrogen (secondary N) is 1. The molecule has 2 rings (SSSR count). The molecule has 0 radical (unpaired) electrons. The average Bonchev–Trinajstić information content (AvgIpc) is 2.61. The Labute approximate surface area is 101 Å². The second kappa shape index (κ2) is 4.69. The number of likely N-dealkylation sites (N-methyl/N-ethyl adjacent to an activating group) is 1. The van der Waals surface area contributed by atoms with Crippen molar-refractivity contribution in [2.24, 2.45) is 0 Å². The monoisotopic (exact) mass is 234 g/mol. The van der Waals surface area contributed by atoms with Crippen LogP contribution in [-0.4, -0.2) is 40.4 Å². The number of carbonyl (C=O) groups excluding carboxylic acids is 1. The fourth-order valence-corrected chi connectivity index (χ4v) is 1.87. The van der Waals surface area contributed by atoms with Gasteiger partial charge in [-0.1, -0.05) is 13.8 Å². The van der Waals surface area contributed by atoms with Crippen molar-refractivity contribution in [3.8, 4) is 0 Å². The van der Waals surface area contributed by atoms with Gasteiger partial charge in [-0.3, -0.25) is 4.79 Å². The molecule has 1 aliphatic heterocycles. The van der Waals surface area contributed by atoms with Gasteiger partial charge in [-0.15, -0.1) is 0 Å². The summed E-state index contributed by atoms with van der Waals surface area (Å²) in [6, 6.07) is 1.66. The van der Waals surface area contributed by atoms with Crippen LogP contribution in [0, 0.1) is 0 Å². The summed E-state index contributed by atoms with van der Waals surface area (Å²) in [6.07, 6.45) is 2.56. The van der Waals surface area contributed by atoms with E-state index in [1.54, 1.807) is 17.2 Å². The summed E-state index contributed by atoms with van der Waals surface area (Å²) in [4.78, 5) is 22.1. The number of amides is 1. The molecular formula is C12H18N4O. The molecule has 0 spiro atoms. The van der Waals surface area contributed by atoms with E-state index >= 15 is 0 Å². The highest BCUT2D eigenvalue weighted by atomic mass is 16.2. The quantitative estimate of drug-likeness (QED) is 0.855. The second-order valence-corrected chi connectivity index (χ2v) is 4.70. The molecule has 1 unspecified atom stereocenters. The minimum Gasteiger partial charge on any atom is -0.358 e. The number of hydrogen-bond donors (Lipinski definition) is 1. The van der Waals surface area contributed by atoms with Crippen LogP contribution in [0.3, 0.4) is 0 Å². The lowest BCUT2D eigenvalue weighted by molar-refractivity contribution is -0.127. The summed E-state index contributed by atoms with van der Waals surface area (Å²) >= 11 is 0. The lowest BCUT2D eigenvalue weighted by Gasteiger charge is -2.13. The fourth-order valence-electron chi connectivity index (χ4n) is 1.87. The Bertz CT molecular complexity index is 419. The first-order valence-corrected chi connectivity index (χ1v) is 5.92. The molecule has 5 nitrogen and oxygen atoms in total. The molecule has 17 heavy (non-hydrogen) atoms. The van der Waals surface area contributed by atoms with E-state index in [9.17, 15) is 4.79 Å². The first-order chi connectivity index (χ1) is 8.08. The van der Waals surface area contributed by atoms with E-state index in [1.807, 2.05) is 20.9 Å². The Hall–Kier alpha value is -1.65. The van der Waals surface area contributed by atoms with Gasteiger partial charge in [0.1, 0.15) is 17.7 Å². The van der Waals surface area contributed by atoms with Crippen molar-refractivity contribution in [3.63, 3.8) is 0 Å². The van der Waals surface area contributed by atoms with Gasteiger partial charge in [0.25, 0.3) is 0 Å². The maximum Gasteiger partial charge on any atom is 0.244 e. The number of anilines is 1. The summed E-state index contributed by atoms with van der Waals surface area (Å²) in [5.41, 5.74) is 0. The number of nitrogens with zero attached hydrogens (tertiary/aromatic N) is 3. The SMILES string of the molecule is CC(C)c1nccc(NC2CCN(C)C2=O)n1. The third-order valence-corrected chi connectivity index (χ3v) is 2.94. The van der Waals surface area contributed by atoms with Gasteiger partial charge >= 0.3 is 0 Å². The molecule has 1 aromatic rings. The zero-order chi connectivity index (χ0) is 12.4. The van der Waals surface area contributed by atoms with Crippen LogP contribution in [0.5, 0.6) is 0 Å². The summed E-state index contributed by atoms with van der Waals surface area (Å²) in [7, 11) is 1.82. The summed E-state index contributed by atoms with van der Waals surface area (Å²) in [5.74, 6) is 1.96. The lowest BCUT2D eigenvalue weighted by atomic mass is 10.2. The van der Waals surface area contributed by atoms with Gasteiger partial charge in [-0.25, -0.2) is 9.97 Å². The second-order valence-electron chi connectivity index (χ2n) is 4.70. The largest absolute Gasteiger partial charge is 0.358 e. The molecule has 1 atom stereocenters. The highest BCUT2D eigenvalue weighted by molar-refractivity contribution is 5.86. The first-order valence-electron chi connectivity index (χ1n) is 5.92. The number of hydrogen-bond acceptors (Lipinski definition) is 4. The summed E-state index contributed by atoms with van der Waals surface area (Å²) in [5, 5.41) is 3.17. The third-order valence-electron chi connectivity index (χ3n) is 2.94. The van der Waals surface area contributed by atoms with Gasteiger partial charge in [0.2, 0.25) is 5.91 Å². The molecule has 5 heteroatoms. The Balaban J connectivity index is 2.09. The highest BCUT2D eigenvalue weighted by Gasteiger charge is 2.29. The minimum absolute atomic E-state index is 0.134. The van der Waals surface area contributed by atoms with Crippen LogP contribution in [0.15, 0.2) is 12.3 Å². The maximum absolute atomic E-state index is 11.7. The van der Waals surface area contributed by atoms with Gasteiger partial charge < -0.3 is 10.2 Å². The van der Waals surface area contributed by atoms with E-state index in [2.05, 4.69) is 15.3 Å². The van der Waals surface area contributed by atoms with Crippen LogP contribution in [0.1, 0.15) is 32.0 Å². The molecule has 1 aromatic heterocycles. The fraction of sp³-hybridized carbons (Fsp3) is 0.583. The molecule has 0 bridgehead atoms. The molecule has 0 aliphatic carbocycles. The minimum atomic E-state index is -0.144. The van der Waals surface area contributed by atoms with Crippen LogP contribution in [-0.2, 0) is 4.79 Å².